The average Bonchev–Trinajstić information content (AvgIpc) is 3.28. The maximum absolute atomic E-state index is 13.8. The summed E-state index contributed by atoms with van der Waals surface area (Å²) in [6, 6.07) is 9.34. The van der Waals surface area contributed by atoms with Gasteiger partial charge in [-0.2, -0.15) is 4.98 Å². The molecule has 0 saturated carbocycles. The van der Waals surface area contributed by atoms with E-state index in [-0.39, 0.29) is 36.4 Å². The van der Waals surface area contributed by atoms with Gasteiger partial charge in [0.15, 0.2) is 23.9 Å². The molecule has 0 unspecified atom stereocenters. The Bertz CT molecular complexity index is 985. The van der Waals surface area contributed by atoms with Crippen molar-refractivity contribution >= 4 is 5.78 Å². The summed E-state index contributed by atoms with van der Waals surface area (Å²) in [4.78, 5) is 15.5. The highest BCUT2D eigenvalue weighted by atomic mass is 19.1. The zero-order chi connectivity index (χ0) is 18.1. The van der Waals surface area contributed by atoms with E-state index in [0.717, 1.165) is 6.07 Å². The van der Waals surface area contributed by atoms with E-state index >= 15 is 0 Å². The molecule has 0 fully saturated rings. The molecule has 0 bridgehead atoms. The van der Waals surface area contributed by atoms with Crippen LogP contribution in [0.25, 0.3) is 11.4 Å². The van der Waals surface area contributed by atoms with E-state index in [4.69, 9.17) is 18.7 Å². The number of ketones is 1. The van der Waals surface area contributed by atoms with Crippen molar-refractivity contribution in [2.75, 3.05) is 6.79 Å². The Labute approximate surface area is 147 Å². The molecule has 26 heavy (non-hydrogen) atoms. The van der Waals surface area contributed by atoms with Crippen LogP contribution >= 0.6 is 0 Å². The van der Waals surface area contributed by atoms with Gasteiger partial charge in [-0.3, -0.25) is 4.79 Å². The van der Waals surface area contributed by atoms with Crippen molar-refractivity contribution in [3.8, 4) is 28.6 Å². The second kappa shape index (κ2) is 6.47. The summed E-state index contributed by atoms with van der Waals surface area (Å²) in [7, 11) is 0. The summed E-state index contributed by atoms with van der Waals surface area (Å²) in [5.41, 5.74) is 0.723. The van der Waals surface area contributed by atoms with Gasteiger partial charge in [-0.15, -0.1) is 0 Å². The summed E-state index contributed by atoms with van der Waals surface area (Å²) in [6.45, 7) is 1.45. The van der Waals surface area contributed by atoms with Crippen LogP contribution in [0.3, 0.4) is 0 Å². The number of halogens is 1. The number of aromatic nitrogens is 2. The lowest BCUT2D eigenvalue weighted by atomic mass is 10.1. The molecule has 3 aromatic rings. The molecule has 0 atom stereocenters. The van der Waals surface area contributed by atoms with Crippen molar-refractivity contribution in [2.24, 2.45) is 0 Å². The topological polar surface area (TPSA) is 83.7 Å². The number of nitrogens with zero attached hydrogens (tertiary/aromatic N) is 2. The van der Waals surface area contributed by atoms with Crippen molar-refractivity contribution in [1.29, 1.82) is 0 Å². The van der Waals surface area contributed by atoms with Crippen LogP contribution < -0.4 is 14.2 Å². The molecule has 0 saturated heterocycles. The molecule has 0 N–H and O–H groups in total. The average molecular weight is 356 g/mol. The minimum Gasteiger partial charge on any atom is -0.484 e. The molecular formula is C18H13FN2O5. The van der Waals surface area contributed by atoms with Crippen LogP contribution in [0.4, 0.5) is 4.39 Å². The van der Waals surface area contributed by atoms with Crippen molar-refractivity contribution in [1.82, 2.24) is 10.1 Å². The van der Waals surface area contributed by atoms with Crippen LogP contribution in [0.15, 0.2) is 40.9 Å². The summed E-state index contributed by atoms with van der Waals surface area (Å²) in [6.07, 6.45) is 0. The number of fused-ring (bicyclic) bond motifs is 1. The molecule has 8 heteroatoms. The summed E-state index contributed by atoms with van der Waals surface area (Å²) < 4.78 is 34.9. The van der Waals surface area contributed by atoms with Crippen LogP contribution in [0, 0.1) is 5.82 Å². The number of hydrogen-bond donors (Lipinski definition) is 0. The van der Waals surface area contributed by atoms with Crippen molar-refractivity contribution in [3.05, 3.63) is 53.7 Å². The summed E-state index contributed by atoms with van der Waals surface area (Å²) in [5, 5.41) is 3.90. The van der Waals surface area contributed by atoms with Crippen LogP contribution in [0.1, 0.15) is 23.2 Å². The molecule has 0 radical (unpaired) electrons. The second-order valence-corrected chi connectivity index (χ2v) is 5.57. The minimum absolute atomic E-state index is 0.0141. The van der Waals surface area contributed by atoms with Crippen LogP contribution in [-0.2, 0) is 6.61 Å². The van der Waals surface area contributed by atoms with Gasteiger partial charge in [-0.1, -0.05) is 5.16 Å². The first-order valence-corrected chi connectivity index (χ1v) is 7.76. The van der Waals surface area contributed by atoms with Gasteiger partial charge in [0.2, 0.25) is 12.6 Å². The number of hydrogen-bond acceptors (Lipinski definition) is 7. The van der Waals surface area contributed by atoms with E-state index in [9.17, 15) is 9.18 Å². The van der Waals surface area contributed by atoms with E-state index in [1.54, 1.807) is 18.2 Å². The Morgan fingerprint density at radius 3 is 2.85 bits per heavy atom. The Hall–Kier alpha value is -3.42. The zero-order valence-corrected chi connectivity index (χ0v) is 13.7. The zero-order valence-electron chi connectivity index (χ0n) is 13.7. The van der Waals surface area contributed by atoms with Crippen molar-refractivity contribution in [3.63, 3.8) is 0 Å². The quantitative estimate of drug-likeness (QED) is 0.648. The van der Waals surface area contributed by atoms with E-state index < -0.39 is 5.82 Å². The molecule has 0 aliphatic carbocycles. The molecule has 1 aromatic heterocycles. The number of benzene rings is 2. The first-order chi connectivity index (χ1) is 12.6. The second-order valence-electron chi connectivity index (χ2n) is 5.57. The Morgan fingerprint density at radius 1 is 1.19 bits per heavy atom. The monoisotopic (exact) mass is 356 g/mol. The summed E-state index contributed by atoms with van der Waals surface area (Å²) >= 11 is 0. The smallest absolute Gasteiger partial charge is 0.264 e. The molecule has 0 amide bonds. The van der Waals surface area contributed by atoms with Gasteiger partial charge in [0, 0.05) is 11.6 Å². The fourth-order valence-electron chi connectivity index (χ4n) is 2.48. The number of ether oxygens (including phenoxy) is 3. The SMILES string of the molecule is CC(=O)c1ccc(OCc2nc(-c3ccc4c(c3)OCO4)no2)cc1F. The third-order valence-corrected chi connectivity index (χ3v) is 3.78. The highest BCUT2D eigenvalue weighted by Gasteiger charge is 2.17. The summed E-state index contributed by atoms with van der Waals surface area (Å²) in [5.74, 6) is 1.16. The largest absolute Gasteiger partial charge is 0.484 e. The molecule has 132 valence electrons. The van der Waals surface area contributed by atoms with Gasteiger partial charge in [-0.25, -0.2) is 4.39 Å². The third-order valence-electron chi connectivity index (χ3n) is 3.78. The Balaban J connectivity index is 1.46. The Morgan fingerprint density at radius 2 is 2.04 bits per heavy atom. The van der Waals surface area contributed by atoms with Gasteiger partial charge in [-0.05, 0) is 37.3 Å². The van der Waals surface area contributed by atoms with Gasteiger partial charge in [0.25, 0.3) is 5.89 Å². The number of rotatable bonds is 5. The number of carbonyl (C=O) groups excluding carboxylic acids is 1. The van der Waals surface area contributed by atoms with Crippen molar-refractivity contribution in [2.45, 2.75) is 13.5 Å². The first kappa shape index (κ1) is 16.1. The lowest BCUT2D eigenvalue weighted by Crippen LogP contribution is -2.00. The fourth-order valence-corrected chi connectivity index (χ4v) is 2.48. The predicted molar refractivity (Wildman–Crippen MR) is 86.6 cm³/mol. The predicted octanol–water partition coefficient (Wildman–Crippen LogP) is 3.39. The molecule has 7 nitrogen and oxygen atoms in total. The molecule has 1 aliphatic rings. The molecule has 2 heterocycles. The van der Waals surface area contributed by atoms with E-state index in [2.05, 4.69) is 10.1 Å². The van der Waals surface area contributed by atoms with E-state index in [1.165, 1.54) is 19.1 Å². The molecular weight excluding hydrogens is 343 g/mol. The highest BCUT2D eigenvalue weighted by molar-refractivity contribution is 5.94. The molecule has 1 aliphatic heterocycles. The van der Waals surface area contributed by atoms with Crippen LogP contribution in [-0.4, -0.2) is 22.7 Å². The molecule has 4 rings (SSSR count). The maximum Gasteiger partial charge on any atom is 0.264 e. The first-order valence-electron chi connectivity index (χ1n) is 7.76. The van der Waals surface area contributed by atoms with Crippen LogP contribution in [0.2, 0.25) is 0 Å². The number of carbonyl (C=O) groups is 1. The third kappa shape index (κ3) is 3.08. The highest BCUT2D eigenvalue weighted by Crippen LogP contribution is 2.35. The fraction of sp³-hybridized carbons (Fsp3) is 0.167. The van der Waals surface area contributed by atoms with Crippen LogP contribution in [0.5, 0.6) is 17.2 Å². The standard InChI is InChI=1S/C18H13FN2O5/c1-10(22)13-4-3-12(7-14(13)19)23-8-17-20-18(21-26-17)11-2-5-15-16(6-11)25-9-24-15/h2-7H,8-9H2,1H3. The van der Waals surface area contributed by atoms with Gasteiger partial charge in [0.1, 0.15) is 11.6 Å². The molecule has 2 aromatic carbocycles. The van der Waals surface area contributed by atoms with E-state index in [0.29, 0.717) is 22.9 Å². The van der Waals surface area contributed by atoms with Crippen molar-refractivity contribution < 1.29 is 27.9 Å². The maximum atomic E-state index is 13.8. The molecule has 0 spiro atoms. The number of Topliss-reactive ketones (excluding diaryl/α,β-unsaturated/α-hetero) is 1. The minimum atomic E-state index is -0.637. The Kier molecular flexibility index (Phi) is 4.00. The lowest BCUT2D eigenvalue weighted by Gasteiger charge is -2.05. The van der Waals surface area contributed by atoms with Gasteiger partial charge >= 0.3 is 0 Å². The van der Waals surface area contributed by atoms with Gasteiger partial charge in [0.05, 0.1) is 5.56 Å². The van der Waals surface area contributed by atoms with E-state index in [1.807, 2.05) is 0 Å². The van der Waals surface area contributed by atoms with Gasteiger partial charge < -0.3 is 18.7 Å². The normalized spacial score (nSPS) is 12.2. The lowest BCUT2D eigenvalue weighted by molar-refractivity contribution is 0.101.